The first kappa shape index (κ1) is 13.5. The van der Waals surface area contributed by atoms with Gasteiger partial charge >= 0.3 is 0 Å². The minimum Gasteiger partial charge on any atom is -0.359 e. The van der Waals surface area contributed by atoms with Crippen molar-refractivity contribution in [3.8, 4) is 0 Å². The van der Waals surface area contributed by atoms with Crippen molar-refractivity contribution in [1.82, 2.24) is 10.3 Å². The number of anilines is 1. The SMILES string of the molecule is Cc1nc2ccc(NC(=S)N[C@@H]3C[C@H]4CC[C@H]3C4)cc2s1. The highest BCUT2D eigenvalue weighted by molar-refractivity contribution is 7.80. The lowest BCUT2D eigenvalue weighted by atomic mass is 9.96. The molecule has 0 amide bonds. The van der Waals surface area contributed by atoms with E-state index in [1.54, 1.807) is 11.3 Å². The van der Waals surface area contributed by atoms with Gasteiger partial charge in [0.25, 0.3) is 0 Å². The highest BCUT2D eigenvalue weighted by Gasteiger charge is 2.39. The summed E-state index contributed by atoms with van der Waals surface area (Å²) in [6, 6.07) is 6.82. The Morgan fingerprint density at radius 1 is 1.33 bits per heavy atom. The minimum absolute atomic E-state index is 0.582. The topological polar surface area (TPSA) is 37.0 Å². The molecule has 4 rings (SSSR count). The number of benzene rings is 1. The first-order chi connectivity index (χ1) is 10.2. The Balaban J connectivity index is 1.43. The fourth-order valence-electron chi connectivity index (χ4n) is 3.87. The van der Waals surface area contributed by atoms with Gasteiger partial charge < -0.3 is 10.6 Å². The number of thiazole rings is 1. The zero-order chi connectivity index (χ0) is 14.4. The molecule has 1 aromatic heterocycles. The highest BCUT2D eigenvalue weighted by atomic mass is 32.1. The van der Waals surface area contributed by atoms with Gasteiger partial charge in [0.15, 0.2) is 5.11 Å². The van der Waals surface area contributed by atoms with Gasteiger partial charge in [-0.05, 0) is 68.4 Å². The highest BCUT2D eigenvalue weighted by Crippen LogP contribution is 2.44. The maximum atomic E-state index is 5.48. The van der Waals surface area contributed by atoms with Crippen LogP contribution in [0.15, 0.2) is 18.2 Å². The normalized spacial score (nSPS) is 27.2. The van der Waals surface area contributed by atoms with Crippen molar-refractivity contribution in [2.24, 2.45) is 11.8 Å². The summed E-state index contributed by atoms with van der Waals surface area (Å²) in [5.74, 6) is 1.77. The van der Waals surface area contributed by atoms with Crippen LogP contribution in [0, 0.1) is 18.8 Å². The first-order valence-electron chi connectivity index (χ1n) is 7.62. The number of nitrogens with zero attached hydrogens (tertiary/aromatic N) is 1. The van der Waals surface area contributed by atoms with Crippen LogP contribution in [0.3, 0.4) is 0 Å². The zero-order valence-corrected chi connectivity index (χ0v) is 13.7. The van der Waals surface area contributed by atoms with Gasteiger partial charge in [-0.1, -0.05) is 6.42 Å². The van der Waals surface area contributed by atoms with Gasteiger partial charge in [0, 0.05) is 11.7 Å². The van der Waals surface area contributed by atoms with E-state index in [1.807, 2.05) is 6.92 Å². The molecule has 2 aromatic rings. The molecule has 110 valence electrons. The number of rotatable bonds is 2. The summed E-state index contributed by atoms with van der Waals surface area (Å²) in [4.78, 5) is 4.48. The number of hydrogen-bond acceptors (Lipinski definition) is 3. The molecule has 0 radical (unpaired) electrons. The molecule has 2 N–H and O–H groups in total. The van der Waals surface area contributed by atoms with Crippen molar-refractivity contribution in [3.05, 3.63) is 23.2 Å². The van der Waals surface area contributed by atoms with Gasteiger partial charge in [0.05, 0.1) is 15.2 Å². The van der Waals surface area contributed by atoms with Crippen molar-refractivity contribution in [2.45, 2.75) is 38.6 Å². The quantitative estimate of drug-likeness (QED) is 0.818. The van der Waals surface area contributed by atoms with Gasteiger partial charge in [0.1, 0.15) is 0 Å². The number of aromatic nitrogens is 1. The lowest BCUT2D eigenvalue weighted by molar-refractivity contribution is 0.392. The van der Waals surface area contributed by atoms with E-state index < -0.39 is 0 Å². The molecule has 2 bridgehead atoms. The average molecular weight is 317 g/mol. The Bertz CT molecular complexity index is 694. The first-order valence-corrected chi connectivity index (χ1v) is 8.84. The minimum atomic E-state index is 0.582. The fourth-order valence-corrected chi connectivity index (χ4v) is 5.01. The zero-order valence-electron chi connectivity index (χ0n) is 12.1. The molecule has 2 aliphatic rings. The largest absolute Gasteiger partial charge is 0.359 e. The predicted molar refractivity (Wildman–Crippen MR) is 92.9 cm³/mol. The molecule has 3 nitrogen and oxygen atoms in total. The van der Waals surface area contributed by atoms with E-state index in [1.165, 1.54) is 30.4 Å². The molecule has 3 atom stereocenters. The molecule has 1 heterocycles. The average Bonchev–Trinajstić information content (AvgIpc) is 3.11. The molecule has 2 aliphatic carbocycles. The van der Waals surface area contributed by atoms with Crippen molar-refractivity contribution >= 4 is 44.6 Å². The van der Waals surface area contributed by atoms with Crippen LogP contribution in [0.4, 0.5) is 5.69 Å². The maximum Gasteiger partial charge on any atom is 0.171 e. The lowest BCUT2D eigenvalue weighted by Crippen LogP contribution is -2.40. The van der Waals surface area contributed by atoms with Crippen LogP contribution < -0.4 is 10.6 Å². The van der Waals surface area contributed by atoms with Crippen molar-refractivity contribution in [3.63, 3.8) is 0 Å². The molecular weight excluding hydrogens is 298 g/mol. The molecule has 21 heavy (non-hydrogen) atoms. The molecule has 0 spiro atoms. The Hall–Kier alpha value is -1.20. The Kier molecular flexibility index (Phi) is 3.34. The standard InChI is InChI=1S/C16H19N3S2/c1-9-17-13-5-4-12(8-15(13)21-9)18-16(20)19-14-7-10-2-3-11(14)6-10/h4-5,8,10-11,14H,2-3,6-7H2,1H3,(H2,18,19,20)/t10-,11-,14+/m0/s1. The molecule has 0 unspecified atom stereocenters. The molecular formula is C16H19N3S2. The van der Waals surface area contributed by atoms with Gasteiger partial charge in [0.2, 0.25) is 0 Å². The van der Waals surface area contributed by atoms with Crippen LogP contribution >= 0.6 is 23.6 Å². The number of hydrogen-bond donors (Lipinski definition) is 2. The summed E-state index contributed by atoms with van der Waals surface area (Å²) < 4.78 is 1.21. The Morgan fingerprint density at radius 3 is 3.00 bits per heavy atom. The molecule has 1 aromatic carbocycles. The second-order valence-electron chi connectivity index (χ2n) is 6.30. The van der Waals surface area contributed by atoms with Crippen LogP contribution in [0.2, 0.25) is 0 Å². The predicted octanol–water partition coefficient (Wildman–Crippen LogP) is 4.08. The van der Waals surface area contributed by atoms with Crippen molar-refractivity contribution < 1.29 is 0 Å². The van der Waals surface area contributed by atoms with E-state index >= 15 is 0 Å². The molecule has 2 saturated carbocycles. The number of nitrogens with one attached hydrogen (secondary N) is 2. The molecule has 2 fully saturated rings. The van der Waals surface area contributed by atoms with Crippen LogP contribution in [-0.2, 0) is 0 Å². The molecule has 0 saturated heterocycles. The second-order valence-corrected chi connectivity index (χ2v) is 7.94. The van der Waals surface area contributed by atoms with E-state index in [0.717, 1.165) is 33.2 Å². The van der Waals surface area contributed by atoms with Crippen molar-refractivity contribution in [2.75, 3.05) is 5.32 Å². The second kappa shape index (κ2) is 5.21. The summed E-state index contributed by atoms with van der Waals surface area (Å²) in [6.07, 6.45) is 5.48. The van der Waals surface area contributed by atoms with E-state index in [2.05, 4.69) is 33.8 Å². The van der Waals surface area contributed by atoms with Crippen molar-refractivity contribution in [1.29, 1.82) is 0 Å². The third-order valence-corrected chi connectivity index (χ3v) is 5.96. The number of aryl methyl sites for hydroxylation is 1. The van der Waals surface area contributed by atoms with Gasteiger partial charge in [-0.3, -0.25) is 0 Å². The van der Waals surface area contributed by atoms with Gasteiger partial charge in [-0.2, -0.15) is 0 Å². The van der Waals surface area contributed by atoms with Gasteiger partial charge in [-0.25, -0.2) is 4.98 Å². The van der Waals surface area contributed by atoms with E-state index in [0.29, 0.717) is 6.04 Å². The number of fused-ring (bicyclic) bond motifs is 3. The van der Waals surface area contributed by atoms with Crippen LogP contribution in [0.1, 0.15) is 30.7 Å². The fraction of sp³-hybridized carbons (Fsp3) is 0.500. The summed E-state index contributed by atoms with van der Waals surface area (Å²) >= 11 is 7.20. The van der Waals surface area contributed by atoms with Crippen LogP contribution in [0.25, 0.3) is 10.2 Å². The van der Waals surface area contributed by atoms with E-state index in [9.17, 15) is 0 Å². The molecule has 0 aliphatic heterocycles. The van der Waals surface area contributed by atoms with Gasteiger partial charge in [-0.15, -0.1) is 11.3 Å². The van der Waals surface area contributed by atoms with Crippen LogP contribution in [-0.4, -0.2) is 16.1 Å². The third kappa shape index (κ3) is 2.64. The van der Waals surface area contributed by atoms with E-state index in [4.69, 9.17) is 12.2 Å². The Morgan fingerprint density at radius 2 is 2.24 bits per heavy atom. The number of thiocarbonyl (C=S) groups is 1. The maximum absolute atomic E-state index is 5.48. The smallest absolute Gasteiger partial charge is 0.171 e. The summed E-state index contributed by atoms with van der Waals surface area (Å²) in [6.45, 7) is 2.04. The third-order valence-electron chi connectivity index (χ3n) is 4.81. The summed E-state index contributed by atoms with van der Waals surface area (Å²) in [5.41, 5.74) is 2.11. The van der Waals surface area contributed by atoms with Crippen LogP contribution in [0.5, 0.6) is 0 Å². The lowest BCUT2D eigenvalue weighted by Gasteiger charge is -2.24. The van der Waals surface area contributed by atoms with E-state index in [-0.39, 0.29) is 0 Å². The summed E-state index contributed by atoms with van der Waals surface area (Å²) in [7, 11) is 0. The molecule has 5 heteroatoms. The Labute approximate surface area is 134 Å². The monoisotopic (exact) mass is 317 g/mol. The summed E-state index contributed by atoms with van der Waals surface area (Å²) in [5, 5.41) is 8.71.